The smallest absolute Gasteiger partial charge is 0.213 e. The molecule has 6 nitrogen and oxygen atoms in total. The number of hydrogen-bond donors (Lipinski definition) is 3. The van der Waals surface area contributed by atoms with Crippen molar-refractivity contribution in [3.05, 3.63) is 47.7 Å². The molecule has 3 N–H and O–H groups in total. The maximum atomic E-state index is 9.50. The number of guanidine groups is 1. The first-order valence-corrected chi connectivity index (χ1v) is 8.13. The number of oxazole rings is 1. The Balaban J connectivity index is 0.00000312. The number of aliphatic imine (C=N–C) groups is 1. The Morgan fingerprint density at radius 3 is 2.64 bits per heavy atom. The predicted octanol–water partition coefficient (Wildman–Crippen LogP) is 3.55. The summed E-state index contributed by atoms with van der Waals surface area (Å²) in [4.78, 5) is 8.81. The fraction of sp³-hybridized carbons (Fsp3) is 0.444. The van der Waals surface area contributed by atoms with E-state index in [1.807, 2.05) is 13.0 Å². The molecule has 2 aromatic rings. The lowest BCUT2D eigenvalue weighted by atomic mass is 9.94. The predicted molar refractivity (Wildman–Crippen MR) is 110 cm³/mol. The first kappa shape index (κ1) is 21.3. The highest BCUT2D eigenvalue weighted by Crippen LogP contribution is 2.22. The van der Waals surface area contributed by atoms with Crippen LogP contribution in [0.2, 0.25) is 0 Å². The van der Waals surface area contributed by atoms with Crippen LogP contribution >= 0.6 is 24.0 Å². The number of nitrogens with one attached hydrogen (secondary N) is 2. The highest BCUT2D eigenvalue weighted by atomic mass is 127. The zero-order chi connectivity index (χ0) is 17.6. The Labute approximate surface area is 166 Å². The molecule has 0 saturated carbocycles. The molecule has 0 unspecified atom stereocenters. The normalized spacial score (nSPS) is 11.8. The SMILES string of the molecule is CCNC(=NCc1cccc(O)c1)NCc1ncc(C(C)(C)C)o1.I. The second-order valence-corrected chi connectivity index (χ2v) is 6.59. The van der Waals surface area contributed by atoms with Gasteiger partial charge in [-0.3, -0.25) is 0 Å². The van der Waals surface area contributed by atoms with Gasteiger partial charge in [0.1, 0.15) is 11.5 Å². The standard InChI is InChI=1S/C18H26N4O2.HI/c1-5-19-17(21-10-13-7-6-8-14(23)9-13)22-12-16-20-11-15(24-16)18(2,3)4;/h6-9,11,23H,5,10,12H2,1-4H3,(H2,19,21,22);1H. The Morgan fingerprint density at radius 1 is 1.28 bits per heavy atom. The van der Waals surface area contributed by atoms with Gasteiger partial charge in [0.05, 0.1) is 19.3 Å². The summed E-state index contributed by atoms with van der Waals surface area (Å²) < 4.78 is 5.77. The molecule has 1 aromatic heterocycles. The molecule has 0 aliphatic carbocycles. The first-order chi connectivity index (χ1) is 11.4. The molecule has 0 radical (unpaired) electrons. The summed E-state index contributed by atoms with van der Waals surface area (Å²) in [6, 6.07) is 7.08. The van der Waals surface area contributed by atoms with Crippen molar-refractivity contribution >= 4 is 29.9 Å². The molecule has 0 fully saturated rings. The highest BCUT2D eigenvalue weighted by molar-refractivity contribution is 14.0. The number of hydrogen-bond acceptors (Lipinski definition) is 4. The van der Waals surface area contributed by atoms with Crippen molar-refractivity contribution in [2.45, 2.75) is 46.2 Å². The summed E-state index contributed by atoms with van der Waals surface area (Å²) in [6.45, 7) is 9.96. The number of phenolic OH excluding ortho intramolecular Hbond substituents is 1. The van der Waals surface area contributed by atoms with Crippen LogP contribution in [0, 0.1) is 0 Å². The molecule has 0 amide bonds. The fourth-order valence-corrected chi connectivity index (χ4v) is 2.06. The highest BCUT2D eigenvalue weighted by Gasteiger charge is 2.19. The molecule has 0 bridgehead atoms. The molecule has 1 heterocycles. The van der Waals surface area contributed by atoms with Crippen LogP contribution in [0.4, 0.5) is 0 Å². The number of phenols is 1. The van der Waals surface area contributed by atoms with Crippen LogP contribution in [0.15, 0.2) is 39.9 Å². The third-order valence-electron chi connectivity index (χ3n) is 3.37. The largest absolute Gasteiger partial charge is 0.508 e. The van der Waals surface area contributed by atoms with Crippen LogP contribution in [0.1, 0.15) is 44.9 Å². The van der Waals surface area contributed by atoms with Crippen molar-refractivity contribution in [2.24, 2.45) is 4.99 Å². The van der Waals surface area contributed by atoms with Crippen molar-refractivity contribution in [3.8, 4) is 5.75 Å². The van der Waals surface area contributed by atoms with E-state index in [-0.39, 0.29) is 35.1 Å². The molecule has 2 rings (SSSR count). The molecule has 0 aliphatic rings. The average Bonchev–Trinajstić information content (AvgIpc) is 2.99. The van der Waals surface area contributed by atoms with E-state index in [0.29, 0.717) is 24.9 Å². The van der Waals surface area contributed by atoms with Gasteiger partial charge < -0.3 is 20.2 Å². The second-order valence-electron chi connectivity index (χ2n) is 6.59. The fourth-order valence-electron chi connectivity index (χ4n) is 2.06. The minimum absolute atomic E-state index is 0. The lowest BCUT2D eigenvalue weighted by molar-refractivity contribution is 0.379. The van der Waals surface area contributed by atoms with Crippen LogP contribution in [0.3, 0.4) is 0 Å². The number of benzene rings is 1. The summed E-state index contributed by atoms with van der Waals surface area (Å²) in [5.74, 6) is 2.41. The van der Waals surface area contributed by atoms with E-state index in [4.69, 9.17) is 4.42 Å². The number of aromatic nitrogens is 1. The van der Waals surface area contributed by atoms with Gasteiger partial charge in [-0.25, -0.2) is 9.98 Å². The number of halogens is 1. The maximum Gasteiger partial charge on any atom is 0.213 e. The van der Waals surface area contributed by atoms with E-state index in [9.17, 15) is 5.11 Å². The van der Waals surface area contributed by atoms with Gasteiger partial charge in [-0.15, -0.1) is 24.0 Å². The summed E-state index contributed by atoms with van der Waals surface area (Å²) in [6.07, 6.45) is 1.77. The van der Waals surface area contributed by atoms with Gasteiger partial charge in [0.2, 0.25) is 5.89 Å². The number of nitrogens with zero attached hydrogens (tertiary/aromatic N) is 2. The monoisotopic (exact) mass is 458 g/mol. The maximum absolute atomic E-state index is 9.50. The number of rotatable bonds is 5. The average molecular weight is 458 g/mol. The molecule has 1 aromatic carbocycles. The Morgan fingerprint density at radius 2 is 2.04 bits per heavy atom. The Kier molecular flexibility index (Phi) is 8.21. The zero-order valence-electron chi connectivity index (χ0n) is 15.2. The quantitative estimate of drug-likeness (QED) is 0.363. The minimum atomic E-state index is -0.0564. The Hall–Kier alpha value is -1.77. The van der Waals surface area contributed by atoms with Gasteiger partial charge in [-0.05, 0) is 24.6 Å². The summed E-state index contributed by atoms with van der Waals surface area (Å²) >= 11 is 0. The van der Waals surface area contributed by atoms with Crippen molar-refractivity contribution in [3.63, 3.8) is 0 Å². The zero-order valence-corrected chi connectivity index (χ0v) is 17.5. The topological polar surface area (TPSA) is 82.7 Å². The van der Waals surface area contributed by atoms with Gasteiger partial charge >= 0.3 is 0 Å². The van der Waals surface area contributed by atoms with Crippen LogP contribution in [-0.2, 0) is 18.5 Å². The molecular formula is C18H27IN4O2. The van der Waals surface area contributed by atoms with Crippen molar-refractivity contribution < 1.29 is 9.52 Å². The van der Waals surface area contributed by atoms with Gasteiger partial charge in [0.15, 0.2) is 5.96 Å². The van der Waals surface area contributed by atoms with Crippen LogP contribution in [-0.4, -0.2) is 22.6 Å². The van der Waals surface area contributed by atoms with Crippen molar-refractivity contribution in [2.75, 3.05) is 6.54 Å². The second kappa shape index (κ2) is 9.65. The molecule has 0 spiro atoms. The number of aromatic hydroxyl groups is 1. The molecule has 25 heavy (non-hydrogen) atoms. The summed E-state index contributed by atoms with van der Waals surface area (Å²) in [7, 11) is 0. The molecule has 0 atom stereocenters. The minimum Gasteiger partial charge on any atom is -0.508 e. The van der Waals surface area contributed by atoms with Crippen LogP contribution in [0.25, 0.3) is 0 Å². The van der Waals surface area contributed by atoms with E-state index >= 15 is 0 Å². The lowest BCUT2D eigenvalue weighted by Gasteiger charge is -2.13. The molecule has 0 aliphatic heterocycles. The Bertz CT molecular complexity index is 692. The van der Waals surface area contributed by atoms with E-state index in [2.05, 4.69) is 41.4 Å². The third-order valence-corrected chi connectivity index (χ3v) is 3.37. The van der Waals surface area contributed by atoms with E-state index < -0.39 is 0 Å². The first-order valence-electron chi connectivity index (χ1n) is 8.13. The van der Waals surface area contributed by atoms with Crippen molar-refractivity contribution in [1.82, 2.24) is 15.6 Å². The van der Waals surface area contributed by atoms with Crippen LogP contribution in [0.5, 0.6) is 5.75 Å². The van der Waals surface area contributed by atoms with Gasteiger partial charge in [-0.1, -0.05) is 32.9 Å². The lowest BCUT2D eigenvalue weighted by Crippen LogP contribution is -2.36. The molecule has 0 saturated heterocycles. The van der Waals surface area contributed by atoms with E-state index in [0.717, 1.165) is 17.9 Å². The van der Waals surface area contributed by atoms with Gasteiger partial charge in [0, 0.05) is 12.0 Å². The summed E-state index contributed by atoms with van der Waals surface area (Å²) in [5, 5.41) is 15.9. The van der Waals surface area contributed by atoms with Crippen LogP contribution < -0.4 is 10.6 Å². The van der Waals surface area contributed by atoms with Gasteiger partial charge in [0.25, 0.3) is 0 Å². The molecular weight excluding hydrogens is 431 g/mol. The van der Waals surface area contributed by atoms with E-state index in [1.54, 1.807) is 24.4 Å². The van der Waals surface area contributed by atoms with E-state index in [1.165, 1.54) is 0 Å². The molecule has 138 valence electrons. The van der Waals surface area contributed by atoms with Gasteiger partial charge in [-0.2, -0.15) is 0 Å². The van der Waals surface area contributed by atoms with Crippen molar-refractivity contribution in [1.29, 1.82) is 0 Å². The third kappa shape index (κ3) is 6.93. The summed E-state index contributed by atoms with van der Waals surface area (Å²) in [5.41, 5.74) is 0.887. The molecule has 7 heteroatoms.